The first kappa shape index (κ1) is 42.8. The van der Waals surface area contributed by atoms with Gasteiger partial charge in [-0.2, -0.15) is 11.8 Å². The molecule has 3 heterocycles. The highest BCUT2D eigenvalue weighted by Crippen LogP contribution is 2.26. The summed E-state index contributed by atoms with van der Waals surface area (Å²) in [6.07, 6.45) is 5.03. The Labute approximate surface area is 313 Å². The van der Waals surface area contributed by atoms with E-state index in [1.807, 2.05) is 0 Å². The summed E-state index contributed by atoms with van der Waals surface area (Å²) in [6.45, 7) is -2.91. The minimum absolute atomic E-state index is 0.159. The SMILES string of the molecule is COC(=O)NCCCSCCCC(=O)C(COC(=O)CCN1C(=O)C=CC1=O)(COC(=O)CCN1C(=O)C=CC1=O)COC(=O)CCN1C(=O)C=CC1=O. The van der Waals surface area contributed by atoms with E-state index in [1.54, 1.807) is 0 Å². The summed E-state index contributed by atoms with van der Waals surface area (Å²) in [4.78, 5) is 137. The molecular weight excluding hydrogens is 736 g/mol. The van der Waals surface area contributed by atoms with Gasteiger partial charge in [0.25, 0.3) is 35.4 Å². The van der Waals surface area contributed by atoms with Gasteiger partial charge in [0, 0.05) is 69.1 Å². The van der Waals surface area contributed by atoms with E-state index in [9.17, 15) is 52.7 Å². The highest BCUT2D eigenvalue weighted by Gasteiger charge is 2.43. The third-order valence-corrected chi connectivity index (χ3v) is 9.21. The maximum Gasteiger partial charge on any atom is 0.406 e. The topological polar surface area (TPSA) is 246 Å². The molecule has 1 N–H and O–H groups in total. The van der Waals surface area contributed by atoms with Crippen molar-refractivity contribution in [1.82, 2.24) is 20.0 Å². The van der Waals surface area contributed by atoms with Gasteiger partial charge in [0.1, 0.15) is 31.0 Å². The number of thioether (sulfide) groups is 1. The number of carbonyl (C=O) groups excluding carboxylic acids is 11. The monoisotopic (exact) mass is 776 g/mol. The van der Waals surface area contributed by atoms with Crippen molar-refractivity contribution in [3.63, 3.8) is 0 Å². The lowest BCUT2D eigenvalue weighted by Gasteiger charge is -2.31. The number of rotatable bonds is 24. The zero-order valence-corrected chi connectivity index (χ0v) is 30.3. The molecule has 20 heteroatoms. The molecule has 3 aliphatic rings. The Morgan fingerprint density at radius 3 is 1.28 bits per heavy atom. The van der Waals surface area contributed by atoms with Crippen molar-refractivity contribution in [3.8, 4) is 0 Å². The molecule has 0 aromatic heterocycles. The number of esters is 3. The standard InChI is InChI=1S/C34H40N4O15S/c1-50-33(49)35-14-3-19-54-18-2-4-23(39)34(20-51-30(46)11-15-36-24(40)5-6-25(36)41,21-52-31(47)12-16-37-26(42)7-8-27(37)43)22-53-32(48)13-17-38-28(44)9-10-29(38)45/h5-10H,2-4,11-22H2,1H3,(H,35,49). The second-order valence-electron chi connectivity index (χ2n) is 11.9. The highest BCUT2D eigenvalue weighted by atomic mass is 32.2. The molecule has 292 valence electrons. The lowest BCUT2D eigenvalue weighted by Crippen LogP contribution is -2.46. The van der Waals surface area contributed by atoms with Crippen LogP contribution < -0.4 is 5.32 Å². The molecule has 0 radical (unpaired) electrons. The molecule has 0 saturated carbocycles. The molecule has 0 atom stereocenters. The number of hydrogen-bond acceptors (Lipinski definition) is 16. The van der Waals surface area contributed by atoms with Crippen LogP contribution in [0.1, 0.15) is 38.5 Å². The normalized spacial score (nSPS) is 15.1. The van der Waals surface area contributed by atoms with E-state index in [2.05, 4.69) is 10.1 Å². The summed E-state index contributed by atoms with van der Waals surface area (Å²) >= 11 is 1.48. The molecule has 19 nitrogen and oxygen atoms in total. The first-order chi connectivity index (χ1) is 25.8. The minimum atomic E-state index is -1.97. The molecule has 0 bridgehead atoms. The molecule has 0 aliphatic carbocycles. The minimum Gasteiger partial charge on any atom is -0.464 e. The van der Waals surface area contributed by atoms with E-state index in [1.165, 1.54) is 18.9 Å². The summed E-state index contributed by atoms with van der Waals surface area (Å²) < 4.78 is 20.7. The van der Waals surface area contributed by atoms with E-state index in [4.69, 9.17) is 14.2 Å². The quantitative estimate of drug-likeness (QED) is 0.0555. The molecule has 0 aromatic carbocycles. The molecule has 54 heavy (non-hydrogen) atoms. The number of nitrogens with one attached hydrogen (secondary N) is 1. The van der Waals surface area contributed by atoms with Gasteiger partial charge in [0.15, 0.2) is 0 Å². The average Bonchev–Trinajstić information content (AvgIpc) is 3.78. The van der Waals surface area contributed by atoms with Gasteiger partial charge in [0.05, 0.1) is 26.4 Å². The molecule has 3 aliphatic heterocycles. The van der Waals surface area contributed by atoms with Gasteiger partial charge in [-0.25, -0.2) is 4.79 Å². The first-order valence-corrected chi connectivity index (χ1v) is 17.9. The van der Waals surface area contributed by atoms with Gasteiger partial charge in [-0.15, -0.1) is 0 Å². The Morgan fingerprint density at radius 1 is 0.574 bits per heavy atom. The zero-order chi connectivity index (χ0) is 39.7. The Morgan fingerprint density at radius 2 is 0.926 bits per heavy atom. The molecule has 7 amide bonds. The average molecular weight is 777 g/mol. The van der Waals surface area contributed by atoms with Crippen LogP contribution in [0.25, 0.3) is 0 Å². The van der Waals surface area contributed by atoms with Crippen LogP contribution in [0.3, 0.4) is 0 Å². The third-order valence-electron chi connectivity index (χ3n) is 8.05. The summed E-state index contributed by atoms with van der Waals surface area (Å²) in [5.41, 5.74) is -1.97. The van der Waals surface area contributed by atoms with Gasteiger partial charge in [0.2, 0.25) is 0 Å². The summed E-state index contributed by atoms with van der Waals surface area (Å²) in [6, 6.07) is 0. The second kappa shape index (κ2) is 21.1. The second-order valence-corrected chi connectivity index (χ2v) is 13.1. The molecular formula is C34H40N4O15S. The zero-order valence-electron chi connectivity index (χ0n) is 29.4. The number of nitrogens with zero attached hydrogens (tertiary/aromatic N) is 3. The van der Waals surface area contributed by atoms with E-state index in [-0.39, 0.29) is 32.5 Å². The molecule has 0 fully saturated rings. The number of Topliss-reactive ketones (excluding diaryl/α,β-unsaturated/α-hetero) is 1. The summed E-state index contributed by atoms with van der Waals surface area (Å²) in [5, 5.41) is 2.55. The predicted molar refractivity (Wildman–Crippen MR) is 183 cm³/mol. The van der Waals surface area contributed by atoms with Gasteiger partial charge < -0.3 is 24.3 Å². The van der Waals surface area contributed by atoms with Gasteiger partial charge in [-0.3, -0.25) is 62.6 Å². The van der Waals surface area contributed by atoms with Crippen molar-refractivity contribution in [3.05, 3.63) is 36.5 Å². The number of carbonyl (C=O) groups is 11. The number of amides is 7. The van der Waals surface area contributed by atoms with Crippen LogP contribution in [0.4, 0.5) is 4.79 Å². The molecule has 0 unspecified atom stereocenters. The Balaban J connectivity index is 1.71. The van der Waals surface area contributed by atoms with Crippen LogP contribution in [0.2, 0.25) is 0 Å². The maximum atomic E-state index is 13.9. The van der Waals surface area contributed by atoms with Gasteiger partial charge >= 0.3 is 24.0 Å². The van der Waals surface area contributed by atoms with Gasteiger partial charge in [-0.1, -0.05) is 0 Å². The van der Waals surface area contributed by atoms with Crippen molar-refractivity contribution in [2.45, 2.75) is 38.5 Å². The first-order valence-electron chi connectivity index (χ1n) is 16.8. The van der Waals surface area contributed by atoms with Crippen molar-refractivity contribution < 1.29 is 71.7 Å². The molecule has 0 spiro atoms. The smallest absolute Gasteiger partial charge is 0.406 e. The Kier molecular flexibility index (Phi) is 16.7. The van der Waals surface area contributed by atoms with E-state index in [0.29, 0.717) is 24.5 Å². The van der Waals surface area contributed by atoms with Crippen molar-refractivity contribution in [2.75, 3.05) is 64.6 Å². The molecule has 0 saturated heterocycles. The lowest BCUT2D eigenvalue weighted by molar-refractivity contribution is -0.166. The number of alkyl carbamates (subject to hydrolysis) is 1. The largest absolute Gasteiger partial charge is 0.464 e. The van der Waals surface area contributed by atoms with E-state index >= 15 is 0 Å². The molecule has 3 rings (SSSR count). The number of hydrogen-bond donors (Lipinski definition) is 1. The van der Waals surface area contributed by atoms with Crippen molar-refractivity contribution in [1.29, 1.82) is 0 Å². The highest BCUT2D eigenvalue weighted by molar-refractivity contribution is 7.99. The fourth-order valence-corrected chi connectivity index (χ4v) is 5.84. The van der Waals surface area contributed by atoms with Crippen LogP contribution >= 0.6 is 11.8 Å². The number of ether oxygens (including phenoxy) is 4. The fraction of sp³-hybridized carbons (Fsp3) is 0.500. The van der Waals surface area contributed by atoms with E-state index in [0.717, 1.165) is 51.2 Å². The van der Waals surface area contributed by atoms with Crippen molar-refractivity contribution >= 4 is 77.0 Å². The van der Waals surface area contributed by atoms with Crippen molar-refractivity contribution in [2.24, 2.45) is 5.41 Å². The Bertz CT molecular complexity index is 1420. The fourth-order valence-electron chi connectivity index (χ4n) is 4.94. The van der Waals surface area contributed by atoms with Crippen LogP contribution in [0, 0.1) is 5.41 Å². The number of methoxy groups -OCH3 is 1. The summed E-state index contributed by atoms with van der Waals surface area (Å²) in [7, 11) is 1.24. The van der Waals surface area contributed by atoms with Crippen LogP contribution in [0.15, 0.2) is 36.5 Å². The lowest BCUT2D eigenvalue weighted by atomic mass is 9.83. The van der Waals surface area contributed by atoms with Crippen LogP contribution in [0.5, 0.6) is 0 Å². The molecule has 0 aromatic rings. The predicted octanol–water partition coefficient (Wildman–Crippen LogP) is -0.624. The van der Waals surface area contributed by atoms with Crippen LogP contribution in [-0.2, 0) is 66.9 Å². The number of ketones is 1. The maximum absolute atomic E-state index is 13.9. The summed E-state index contributed by atoms with van der Waals surface area (Å²) in [5.74, 6) is -6.12. The van der Waals surface area contributed by atoms with E-state index < -0.39 is 110 Å². The third kappa shape index (κ3) is 13.1. The number of imide groups is 3. The van der Waals surface area contributed by atoms with Crippen LogP contribution in [-0.4, -0.2) is 145 Å². The van der Waals surface area contributed by atoms with Gasteiger partial charge in [-0.05, 0) is 24.3 Å². The Hall–Kier alpha value is -5.66.